The molecule has 1 aromatic carbocycles. The van der Waals surface area contributed by atoms with Gasteiger partial charge in [0.15, 0.2) is 0 Å². The highest BCUT2D eigenvalue weighted by atomic mass is 16.5. The predicted molar refractivity (Wildman–Crippen MR) is 101 cm³/mol. The largest absolute Gasteiger partial charge is 0.497 e. The summed E-state index contributed by atoms with van der Waals surface area (Å²) in [6.45, 7) is 0.555. The predicted octanol–water partition coefficient (Wildman–Crippen LogP) is 1.61. The first-order chi connectivity index (χ1) is 13.6. The van der Waals surface area contributed by atoms with Crippen molar-refractivity contribution >= 4 is 17.8 Å². The number of amides is 4. The van der Waals surface area contributed by atoms with E-state index in [1.165, 1.54) is 4.90 Å². The van der Waals surface area contributed by atoms with E-state index in [9.17, 15) is 14.4 Å². The maximum Gasteiger partial charge on any atom is 0.325 e. The van der Waals surface area contributed by atoms with Crippen LogP contribution in [0.5, 0.6) is 5.75 Å². The van der Waals surface area contributed by atoms with Gasteiger partial charge in [0, 0.05) is 25.4 Å². The van der Waals surface area contributed by atoms with Gasteiger partial charge >= 0.3 is 6.03 Å². The molecule has 0 unspecified atom stereocenters. The molecule has 2 heterocycles. The van der Waals surface area contributed by atoms with E-state index in [4.69, 9.17) is 4.74 Å². The standard InChI is InChI=1S/C20H22N4O4/c1-28-16-6-4-14(5-7-16)13-24-19(26)17(23-20(24)27)8-9-18(25)22-12-15-3-2-10-21-11-15/h2-7,10-11,17H,8-9,12-13H2,1H3,(H,22,25)(H,23,27)/t17-/m0/s1. The van der Waals surface area contributed by atoms with Gasteiger partial charge in [-0.2, -0.15) is 0 Å². The van der Waals surface area contributed by atoms with Gasteiger partial charge in [0.05, 0.1) is 13.7 Å². The number of rotatable bonds is 8. The van der Waals surface area contributed by atoms with Crippen LogP contribution in [0, 0.1) is 0 Å². The lowest BCUT2D eigenvalue weighted by atomic mass is 10.1. The first-order valence-electron chi connectivity index (χ1n) is 8.97. The van der Waals surface area contributed by atoms with Crippen molar-refractivity contribution in [1.29, 1.82) is 0 Å². The van der Waals surface area contributed by atoms with Gasteiger partial charge in [0.1, 0.15) is 11.8 Å². The summed E-state index contributed by atoms with van der Waals surface area (Å²) in [5.74, 6) is 0.205. The molecule has 146 valence electrons. The molecule has 1 atom stereocenters. The van der Waals surface area contributed by atoms with Gasteiger partial charge < -0.3 is 15.4 Å². The van der Waals surface area contributed by atoms with Crippen LogP contribution < -0.4 is 15.4 Å². The molecule has 0 radical (unpaired) electrons. The fraction of sp³-hybridized carbons (Fsp3) is 0.300. The molecule has 1 aliphatic rings. The normalized spacial score (nSPS) is 16.0. The molecule has 4 amide bonds. The second kappa shape index (κ2) is 8.98. The van der Waals surface area contributed by atoms with Crippen LogP contribution in [0.4, 0.5) is 4.79 Å². The number of nitrogens with zero attached hydrogens (tertiary/aromatic N) is 2. The Kier molecular flexibility index (Phi) is 6.21. The minimum absolute atomic E-state index is 0.146. The summed E-state index contributed by atoms with van der Waals surface area (Å²) < 4.78 is 5.10. The van der Waals surface area contributed by atoms with Gasteiger partial charge in [-0.3, -0.25) is 19.5 Å². The molecular weight excluding hydrogens is 360 g/mol. The topological polar surface area (TPSA) is 101 Å². The van der Waals surface area contributed by atoms with Crippen molar-refractivity contribution in [2.45, 2.75) is 32.0 Å². The van der Waals surface area contributed by atoms with Crippen molar-refractivity contribution in [3.05, 3.63) is 59.9 Å². The van der Waals surface area contributed by atoms with Crippen molar-refractivity contribution in [2.75, 3.05) is 7.11 Å². The number of pyridine rings is 1. The van der Waals surface area contributed by atoms with E-state index in [2.05, 4.69) is 15.6 Å². The maximum atomic E-state index is 12.5. The molecule has 1 aromatic heterocycles. The van der Waals surface area contributed by atoms with Crippen LogP contribution in [-0.4, -0.2) is 40.9 Å². The number of carbonyl (C=O) groups excluding carboxylic acids is 3. The van der Waals surface area contributed by atoms with Gasteiger partial charge in [-0.15, -0.1) is 0 Å². The number of hydrogen-bond acceptors (Lipinski definition) is 5. The lowest BCUT2D eigenvalue weighted by molar-refractivity contribution is -0.128. The Balaban J connectivity index is 1.48. The summed E-state index contributed by atoms with van der Waals surface area (Å²) in [7, 11) is 1.57. The lowest BCUT2D eigenvalue weighted by Gasteiger charge is -2.13. The minimum Gasteiger partial charge on any atom is -0.497 e. The Bertz CT molecular complexity index is 839. The zero-order valence-corrected chi connectivity index (χ0v) is 15.6. The number of benzene rings is 1. The maximum absolute atomic E-state index is 12.5. The first-order valence-corrected chi connectivity index (χ1v) is 8.97. The molecule has 2 N–H and O–H groups in total. The van der Waals surface area contributed by atoms with Gasteiger partial charge in [-0.05, 0) is 35.7 Å². The summed E-state index contributed by atoms with van der Waals surface area (Å²) in [5, 5.41) is 5.43. The molecule has 0 spiro atoms. The fourth-order valence-electron chi connectivity index (χ4n) is 2.90. The molecule has 0 aliphatic carbocycles. The molecule has 1 aliphatic heterocycles. The Morgan fingerprint density at radius 1 is 1.21 bits per heavy atom. The Morgan fingerprint density at radius 2 is 2.00 bits per heavy atom. The van der Waals surface area contributed by atoms with E-state index >= 15 is 0 Å². The molecule has 3 rings (SSSR count). The molecule has 1 saturated heterocycles. The molecular formula is C20H22N4O4. The average molecular weight is 382 g/mol. The summed E-state index contributed by atoms with van der Waals surface area (Å²) >= 11 is 0. The monoisotopic (exact) mass is 382 g/mol. The van der Waals surface area contributed by atoms with Crippen LogP contribution in [0.1, 0.15) is 24.0 Å². The van der Waals surface area contributed by atoms with Crippen LogP contribution in [0.3, 0.4) is 0 Å². The highest BCUT2D eigenvalue weighted by Gasteiger charge is 2.37. The van der Waals surface area contributed by atoms with E-state index in [0.717, 1.165) is 11.1 Å². The first kappa shape index (κ1) is 19.3. The summed E-state index contributed by atoms with van der Waals surface area (Å²) in [4.78, 5) is 41.8. The highest BCUT2D eigenvalue weighted by molar-refractivity contribution is 6.04. The van der Waals surface area contributed by atoms with Crippen molar-refractivity contribution < 1.29 is 19.1 Å². The molecule has 2 aromatic rings. The van der Waals surface area contributed by atoms with E-state index in [0.29, 0.717) is 12.3 Å². The van der Waals surface area contributed by atoms with E-state index < -0.39 is 12.1 Å². The number of carbonyl (C=O) groups is 3. The van der Waals surface area contributed by atoms with Crippen molar-refractivity contribution in [1.82, 2.24) is 20.5 Å². The van der Waals surface area contributed by atoms with Crippen LogP contribution in [0.25, 0.3) is 0 Å². The third-order valence-electron chi connectivity index (χ3n) is 4.48. The van der Waals surface area contributed by atoms with Gasteiger partial charge in [-0.25, -0.2) is 4.79 Å². The fourth-order valence-corrected chi connectivity index (χ4v) is 2.90. The summed E-state index contributed by atoms with van der Waals surface area (Å²) in [5.41, 5.74) is 1.71. The average Bonchev–Trinajstić information content (AvgIpc) is 2.99. The van der Waals surface area contributed by atoms with Gasteiger partial charge in [-0.1, -0.05) is 18.2 Å². The smallest absolute Gasteiger partial charge is 0.325 e. The molecule has 8 heteroatoms. The van der Waals surface area contributed by atoms with Crippen LogP contribution in [-0.2, 0) is 22.7 Å². The van der Waals surface area contributed by atoms with Crippen molar-refractivity contribution in [3.63, 3.8) is 0 Å². The molecule has 1 fully saturated rings. The number of urea groups is 1. The Labute approximate surface area is 162 Å². The number of imide groups is 1. The van der Waals surface area contributed by atoms with Crippen LogP contribution in [0.15, 0.2) is 48.8 Å². The molecule has 0 saturated carbocycles. The lowest BCUT2D eigenvalue weighted by Crippen LogP contribution is -2.32. The zero-order valence-electron chi connectivity index (χ0n) is 15.6. The summed E-state index contributed by atoms with van der Waals surface area (Å²) in [6.07, 6.45) is 3.74. The van der Waals surface area contributed by atoms with Crippen LogP contribution in [0.2, 0.25) is 0 Å². The van der Waals surface area contributed by atoms with Crippen molar-refractivity contribution in [3.8, 4) is 5.75 Å². The third-order valence-corrected chi connectivity index (χ3v) is 4.48. The van der Waals surface area contributed by atoms with Crippen LogP contribution >= 0.6 is 0 Å². The SMILES string of the molecule is COc1ccc(CN2C(=O)N[C@@H](CCC(=O)NCc3cccnc3)C2=O)cc1. The Morgan fingerprint density at radius 3 is 2.68 bits per heavy atom. The molecule has 8 nitrogen and oxygen atoms in total. The third kappa shape index (κ3) is 4.85. The number of nitrogens with one attached hydrogen (secondary N) is 2. The Hall–Kier alpha value is -3.42. The highest BCUT2D eigenvalue weighted by Crippen LogP contribution is 2.17. The minimum atomic E-state index is -0.685. The zero-order chi connectivity index (χ0) is 19.9. The second-order valence-electron chi connectivity index (χ2n) is 6.45. The van der Waals surface area contributed by atoms with E-state index in [-0.39, 0.29) is 31.2 Å². The number of aromatic nitrogens is 1. The number of methoxy groups -OCH3 is 1. The van der Waals surface area contributed by atoms with Gasteiger partial charge in [0.2, 0.25) is 5.91 Å². The molecule has 28 heavy (non-hydrogen) atoms. The van der Waals surface area contributed by atoms with E-state index in [1.54, 1.807) is 49.8 Å². The quantitative estimate of drug-likeness (QED) is 0.676. The second-order valence-corrected chi connectivity index (χ2v) is 6.45. The number of hydrogen-bond donors (Lipinski definition) is 2. The van der Waals surface area contributed by atoms with Crippen molar-refractivity contribution in [2.24, 2.45) is 0 Å². The van der Waals surface area contributed by atoms with E-state index in [1.807, 2.05) is 6.07 Å². The summed E-state index contributed by atoms with van der Waals surface area (Å²) in [6, 6.07) is 9.69. The number of ether oxygens (including phenoxy) is 1. The molecule has 0 bridgehead atoms. The van der Waals surface area contributed by atoms with Gasteiger partial charge in [0.25, 0.3) is 5.91 Å².